The highest BCUT2D eigenvalue weighted by atomic mass is 32.1. The third-order valence-corrected chi connectivity index (χ3v) is 6.74. The van der Waals surface area contributed by atoms with Crippen LogP contribution in [0.2, 0.25) is 0 Å². The van der Waals surface area contributed by atoms with E-state index in [-0.39, 0.29) is 18.8 Å². The Morgan fingerprint density at radius 1 is 1.09 bits per heavy atom. The molecule has 2 atom stereocenters. The number of anilines is 1. The minimum atomic E-state index is -1.17. The third-order valence-electron chi connectivity index (χ3n) is 5.71. The number of carbonyl (C=O) groups is 3. The normalized spacial score (nSPS) is 17.8. The van der Waals surface area contributed by atoms with Gasteiger partial charge in [0.1, 0.15) is 6.04 Å². The van der Waals surface area contributed by atoms with E-state index < -0.39 is 29.7 Å². The average Bonchev–Trinajstić information content (AvgIpc) is 3.28. The van der Waals surface area contributed by atoms with Crippen molar-refractivity contribution in [3.63, 3.8) is 0 Å². The van der Waals surface area contributed by atoms with Crippen molar-refractivity contribution in [1.29, 1.82) is 0 Å². The van der Waals surface area contributed by atoms with Crippen molar-refractivity contribution in [2.24, 2.45) is 5.92 Å². The number of hydrogen-bond donors (Lipinski definition) is 2. The molecule has 0 unspecified atom stereocenters. The van der Waals surface area contributed by atoms with Gasteiger partial charge in [-0.2, -0.15) is 0 Å². The number of hydrogen-bond acceptors (Lipinski definition) is 6. The second kappa shape index (κ2) is 9.32. The SMILES string of the molecule is CNc1ncc(C[C@H]2C(=O)N(C(=O)CC(c3ccccc3)c3ccccc3)[C@@H]2C(=O)O)s1. The minimum absolute atomic E-state index is 0.0146. The summed E-state index contributed by atoms with van der Waals surface area (Å²) in [5.74, 6) is -3.13. The third kappa shape index (κ3) is 4.27. The molecule has 1 fully saturated rings. The van der Waals surface area contributed by atoms with Gasteiger partial charge in [0.15, 0.2) is 5.13 Å². The number of amides is 2. The fraction of sp³-hybridized carbons (Fsp3) is 0.250. The number of carbonyl (C=O) groups excluding carboxylic acids is 2. The summed E-state index contributed by atoms with van der Waals surface area (Å²) < 4.78 is 0. The summed E-state index contributed by atoms with van der Waals surface area (Å²) in [5, 5.41) is 13.4. The average molecular weight is 450 g/mol. The highest BCUT2D eigenvalue weighted by Gasteiger charge is 2.54. The molecule has 164 valence electrons. The summed E-state index contributed by atoms with van der Waals surface area (Å²) in [6, 6.07) is 18.0. The topological polar surface area (TPSA) is 99.6 Å². The van der Waals surface area contributed by atoms with Crippen LogP contribution >= 0.6 is 11.3 Å². The summed E-state index contributed by atoms with van der Waals surface area (Å²) in [7, 11) is 1.74. The van der Waals surface area contributed by atoms with Crippen LogP contribution in [0.15, 0.2) is 66.9 Å². The second-order valence-corrected chi connectivity index (χ2v) is 8.77. The van der Waals surface area contributed by atoms with Gasteiger partial charge in [-0.05, 0) is 17.5 Å². The summed E-state index contributed by atoms with van der Waals surface area (Å²) in [6.45, 7) is 0. The number of aromatic nitrogens is 1. The van der Waals surface area contributed by atoms with Crippen LogP contribution in [0.25, 0.3) is 0 Å². The molecule has 2 N–H and O–H groups in total. The number of likely N-dealkylation sites (tertiary alicyclic amines) is 1. The molecule has 1 saturated heterocycles. The molecule has 2 amide bonds. The van der Waals surface area contributed by atoms with Gasteiger partial charge >= 0.3 is 5.97 Å². The number of carboxylic acids is 1. The van der Waals surface area contributed by atoms with E-state index in [9.17, 15) is 19.5 Å². The Bertz CT molecular complexity index is 1080. The predicted octanol–water partition coefficient (Wildman–Crippen LogP) is 3.39. The van der Waals surface area contributed by atoms with Crippen molar-refractivity contribution in [3.8, 4) is 0 Å². The lowest BCUT2D eigenvalue weighted by Crippen LogP contribution is -2.66. The first-order valence-electron chi connectivity index (χ1n) is 10.3. The van der Waals surface area contributed by atoms with Gasteiger partial charge in [0.25, 0.3) is 0 Å². The number of benzene rings is 2. The zero-order valence-electron chi connectivity index (χ0n) is 17.5. The van der Waals surface area contributed by atoms with E-state index in [1.807, 2.05) is 60.7 Å². The molecular weight excluding hydrogens is 426 g/mol. The molecular formula is C24H23N3O4S. The molecule has 0 spiro atoms. The second-order valence-electron chi connectivity index (χ2n) is 7.66. The quantitative estimate of drug-likeness (QED) is 0.512. The zero-order chi connectivity index (χ0) is 22.7. The van der Waals surface area contributed by atoms with Crippen molar-refractivity contribution >= 4 is 34.3 Å². The van der Waals surface area contributed by atoms with E-state index in [4.69, 9.17) is 0 Å². The van der Waals surface area contributed by atoms with Gasteiger partial charge in [-0.25, -0.2) is 9.78 Å². The van der Waals surface area contributed by atoms with Crippen LogP contribution in [0, 0.1) is 5.92 Å². The Morgan fingerprint density at radius 3 is 2.19 bits per heavy atom. The standard InChI is InChI=1S/C24H23N3O4S/c1-25-24-26-14-17(32-24)12-19-21(23(30)31)27(22(19)29)20(28)13-18(15-8-4-2-5-9-15)16-10-6-3-7-11-16/h2-11,14,18-19,21H,12-13H2,1H3,(H,25,26)(H,30,31)/t19-,21+/m1/s1. The van der Waals surface area contributed by atoms with E-state index in [0.29, 0.717) is 5.13 Å². The molecule has 0 radical (unpaired) electrons. The number of nitrogens with zero attached hydrogens (tertiary/aromatic N) is 2. The highest BCUT2D eigenvalue weighted by molar-refractivity contribution is 7.15. The van der Waals surface area contributed by atoms with Crippen molar-refractivity contribution in [3.05, 3.63) is 82.9 Å². The molecule has 0 bridgehead atoms. The highest BCUT2D eigenvalue weighted by Crippen LogP contribution is 2.36. The van der Waals surface area contributed by atoms with Gasteiger partial charge in [0.05, 0.1) is 5.92 Å². The van der Waals surface area contributed by atoms with Gasteiger partial charge < -0.3 is 10.4 Å². The van der Waals surface area contributed by atoms with Crippen LogP contribution in [-0.4, -0.2) is 45.9 Å². The number of aliphatic carboxylic acids is 1. The Labute approximate surface area is 189 Å². The molecule has 1 aromatic heterocycles. The first-order chi connectivity index (χ1) is 15.5. The lowest BCUT2D eigenvalue weighted by Gasteiger charge is -2.43. The van der Waals surface area contributed by atoms with E-state index in [1.54, 1.807) is 13.2 Å². The van der Waals surface area contributed by atoms with Crippen molar-refractivity contribution in [2.45, 2.75) is 24.8 Å². The van der Waals surface area contributed by atoms with E-state index in [0.717, 1.165) is 20.9 Å². The van der Waals surface area contributed by atoms with E-state index in [1.165, 1.54) is 11.3 Å². The maximum Gasteiger partial charge on any atom is 0.327 e. The summed E-state index contributed by atoms with van der Waals surface area (Å²) >= 11 is 1.37. The van der Waals surface area contributed by atoms with Crippen LogP contribution in [-0.2, 0) is 20.8 Å². The molecule has 4 rings (SSSR count). The first-order valence-corrected chi connectivity index (χ1v) is 11.1. The van der Waals surface area contributed by atoms with Crippen molar-refractivity contribution < 1.29 is 19.5 Å². The number of imide groups is 1. The summed E-state index contributed by atoms with van der Waals surface area (Å²) in [5.41, 5.74) is 1.88. The van der Waals surface area contributed by atoms with Crippen molar-refractivity contribution in [2.75, 3.05) is 12.4 Å². The fourth-order valence-electron chi connectivity index (χ4n) is 4.11. The van der Waals surface area contributed by atoms with E-state index in [2.05, 4.69) is 10.3 Å². The van der Waals surface area contributed by atoms with Gasteiger partial charge in [-0.3, -0.25) is 14.5 Å². The van der Waals surface area contributed by atoms with Crippen LogP contribution in [0.3, 0.4) is 0 Å². The maximum atomic E-state index is 13.2. The first kappa shape index (κ1) is 21.7. The largest absolute Gasteiger partial charge is 0.480 e. The molecule has 7 nitrogen and oxygen atoms in total. The molecule has 0 aliphatic carbocycles. The summed E-state index contributed by atoms with van der Waals surface area (Å²) in [6.07, 6.45) is 1.90. The number of β-lactam (4-membered cyclic amide) rings is 1. The summed E-state index contributed by atoms with van der Waals surface area (Å²) in [4.78, 5) is 43.9. The zero-order valence-corrected chi connectivity index (χ0v) is 18.3. The molecule has 1 aliphatic heterocycles. The molecule has 2 aromatic carbocycles. The Kier molecular flexibility index (Phi) is 6.32. The lowest BCUT2D eigenvalue weighted by molar-refractivity contribution is -0.177. The van der Waals surface area contributed by atoms with Gasteiger partial charge in [-0.15, -0.1) is 11.3 Å². The number of rotatable bonds is 8. The van der Waals surface area contributed by atoms with Gasteiger partial charge in [0.2, 0.25) is 11.8 Å². The molecule has 32 heavy (non-hydrogen) atoms. The Hall–Kier alpha value is -3.52. The predicted molar refractivity (Wildman–Crippen MR) is 121 cm³/mol. The number of nitrogens with one attached hydrogen (secondary N) is 1. The fourth-order valence-corrected chi connectivity index (χ4v) is 4.94. The van der Waals surface area contributed by atoms with Crippen LogP contribution in [0.1, 0.15) is 28.3 Å². The smallest absolute Gasteiger partial charge is 0.327 e. The van der Waals surface area contributed by atoms with Crippen LogP contribution in [0.5, 0.6) is 0 Å². The van der Waals surface area contributed by atoms with Gasteiger partial charge in [0, 0.05) is 30.5 Å². The maximum absolute atomic E-state index is 13.2. The Balaban J connectivity index is 1.54. The number of carboxylic acid groups (broad SMARTS) is 1. The molecule has 3 aromatic rings. The monoisotopic (exact) mass is 449 g/mol. The number of thiazole rings is 1. The van der Waals surface area contributed by atoms with Crippen LogP contribution < -0.4 is 5.32 Å². The lowest BCUT2D eigenvalue weighted by atomic mass is 9.82. The minimum Gasteiger partial charge on any atom is -0.480 e. The molecule has 0 saturated carbocycles. The Morgan fingerprint density at radius 2 is 1.69 bits per heavy atom. The van der Waals surface area contributed by atoms with Gasteiger partial charge in [-0.1, -0.05) is 60.7 Å². The van der Waals surface area contributed by atoms with E-state index >= 15 is 0 Å². The molecule has 8 heteroatoms. The molecule has 2 heterocycles. The molecule has 1 aliphatic rings. The van der Waals surface area contributed by atoms with Crippen LogP contribution in [0.4, 0.5) is 5.13 Å². The van der Waals surface area contributed by atoms with Crippen molar-refractivity contribution in [1.82, 2.24) is 9.88 Å².